The normalized spacial score (nSPS) is 20.2. The summed E-state index contributed by atoms with van der Waals surface area (Å²) in [7, 11) is 0. The van der Waals surface area contributed by atoms with Gasteiger partial charge in [0.2, 0.25) is 0 Å². The van der Waals surface area contributed by atoms with E-state index in [0.29, 0.717) is 6.42 Å². The van der Waals surface area contributed by atoms with Crippen molar-refractivity contribution >= 4 is 33.7 Å². The number of allylic oxidation sites excluding steroid dienone is 2. The maximum Gasteiger partial charge on any atom is 0.162 e. The second kappa shape index (κ2) is 6.89. The van der Waals surface area contributed by atoms with Gasteiger partial charge in [-0.2, -0.15) is 5.10 Å². The predicted molar refractivity (Wildman–Crippen MR) is 117 cm³/mol. The third-order valence-electron chi connectivity index (χ3n) is 5.49. The molecule has 0 amide bonds. The first-order chi connectivity index (χ1) is 13.4. The van der Waals surface area contributed by atoms with Crippen LogP contribution < -0.4 is 5.32 Å². The number of carbonyl (C=O) groups excluding carboxylic acids is 1. The Bertz CT molecular complexity index is 1090. The van der Waals surface area contributed by atoms with Crippen molar-refractivity contribution in [3.8, 4) is 0 Å². The molecule has 3 heterocycles. The van der Waals surface area contributed by atoms with Gasteiger partial charge in [0.25, 0.3) is 0 Å². The van der Waals surface area contributed by atoms with E-state index in [1.807, 2.05) is 20.0 Å². The first-order valence-electron chi connectivity index (χ1n) is 9.98. The van der Waals surface area contributed by atoms with Gasteiger partial charge in [0.1, 0.15) is 0 Å². The van der Waals surface area contributed by atoms with E-state index in [0.717, 1.165) is 39.8 Å². The summed E-state index contributed by atoms with van der Waals surface area (Å²) in [6.07, 6.45) is 3.35. The Labute approximate surface area is 170 Å². The number of hydrogen-bond donors (Lipinski definition) is 2. The summed E-state index contributed by atoms with van der Waals surface area (Å²) in [5.74, 6) is 0.245. The molecule has 5 rings (SSSR count). The minimum absolute atomic E-state index is 0.00553. The van der Waals surface area contributed by atoms with E-state index >= 15 is 0 Å². The van der Waals surface area contributed by atoms with Gasteiger partial charge in [-0.15, -0.1) is 11.3 Å². The van der Waals surface area contributed by atoms with Crippen molar-refractivity contribution in [2.45, 2.75) is 53.4 Å². The minimum atomic E-state index is -0.0206. The van der Waals surface area contributed by atoms with Gasteiger partial charge in [0.15, 0.2) is 5.78 Å². The average Bonchev–Trinajstić information content (AvgIpc) is 3.29. The molecule has 2 N–H and O–H groups in total. The molecule has 1 aliphatic heterocycles. The van der Waals surface area contributed by atoms with Crippen LogP contribution in [-0.4, -0.2) is 16.0 Å². The molecule has 0 fully saturated rings. The fourth-order valence-corrected chi connectivity index (χ4v) is 5.42. The highest BCUT2D eigenvalue weighted by Crippen LogP contribution is 2.51. The number of thiophene rings is 1. The van der Waals surface area contributed by atoms with E-state index in [1.54, 1.807) is 11.3 Å². The molecule has 0 radical (unpaired) electrons. The summed E-state index contributed by atoms with van der Waals surface area (Å²) in [6.45, 7) is 10.5. The lowest BCUT2D eigenvalue weighted by atomic mass is 9.69. The molecule has 1 aromatic carbocycles. The lowest BCUT2D eigenvalue weighted by Gasteiger charge is -2.39. The van der Waals surface area contributed by atoms with Crippen LogP contribution in [0.3, 0.4) is 0 Å². The van der Waals surface area contributed by atoms with Gasteiger partial charge < -0.3 is 5.32 Å². The molecule has 0 spiro atoms. The highest BCUT2D eigenvalue weighted by atomic mass is 32.1. The number of Topliss-reactive ketones (excluding diaryl/α,β-unsaturated/α-hetero) is 1. The van der Waals surface area contributed by atoms with Gasteiger partial charge in [-0.1, -0.05) is 27.7 Å². The summed E-state index contributed by atoms with van der Waals surface area (Å²) in [5, 5.41) is 12.1. The fourth-order valence-electron chi connectivity index (χ4n) is 4.43. The molecule has 5 heteroatoms. The monoisotopic (exact) mass is 393 g/mol. The summed E-state index contributed by atoms with van der Waals surface area (Å²) < 4.78 is 0. The highest BCUT2D eigenvalue weighted by Gasteiger charge is 2.41. The molecular weight excluding hydrogens is 366 g/mol. The number of anilines is 1. The number of carbonyl (C=O) groups is 1. The number of fused-ring (bicyclic) bond motifs is 3. The van der Waals surface area contributed by atoms with Crippen molar-refractivity contribution < 1.29 is 4.79 Å². The maximum atomic E-state index is 13.2. The van der Waals surface area contributed by atoms with E-state index in [4.69, 9.17) is 0 Å². The minimum Gasteiger partial charge on any atom is -0.358 e. The van der Waals surface area contributed by atoms with Crippen molar-refractivity contribution in [3.05, 3.63) is 57.1 Å². The van der Waals surface area contributed by atoms with Gasteiger partial charge >= 0.3 is 0 Å². The van der Waals surface area contributed by atoms with Crippen LogP contribution in [0, 0.1) is 12.3 Å². The van der Waals surface area contributed by atoms with Gasteiger partial charge in [-0.25, -0.2) is 0 Å². The van der Waals surface area contributed by atoms with Crippen LogP contribution in [0.1, 0.15) is 61.8 Å². The molecular formula is C23H27N3OS. The van der Waals surface area contributed by atoms with Crippen molar-refractivity contribution in [1.82, 2.24) is 10.2 Å². The molecule has 3 aromatic rings. The Balaban J connectivity index is 0.000000932. The highest BCUT2D eigenvalue weighted by molar-refractivity contribution is 7.12. The summed E-state index contributed by atoms with van der Waals surface area (Å²) in [4.78, 5) is 15.7. The fraction of sp³-hybridized carbons (Fsp3) is 0.391. The number of benzene rings is 1. The van der Waals surface area contributed by atoms with E-state index in [-0.39, 0.29) is 17.1 Å². The Morgan fingerprint density at radius 2 is 1.93 bits per heavy atom. The lowest BCUT2D eigenvalue weighted by Crippen LogP contribution is -2.33. The third kappa shape index (κ3) is 2.98. The van der Waals surface area contributed by atoms with E-state index in [9.17, 15) is 4.79 Å². The third-order valence-corrected chi connectivity index (χ3v) is 6.55. The molecule has 0 saturated carbocycles. The van der Waals surface area contributed by atoms with Crippen LogP contribution in [0.4, 0.5) is 5.69 Å². The molecule has 1 aliphatic carbocycles. The zero-order valence-electron chi connectivity index (χ0n) is 17.1. The summed E-state index contributed by atoms with van der Waals surface area (Å²) in [5.41, 5.74) is 5.29. The van der Waals surface area contributed by atoms with Crippen molar-refractivity contribution in [2.24, 2.45) is 5.41 Å². The van der Waals surface area contributed by atoms with Crippen LogP contribution in [0.5, 0.6) is 0 Å². The Hall–Kier alpha value is -2.40. The first kappa shape index (κ1) is 18.9. The van der Waals surface area contributed by atoms with Crippen LogP contribution in [0.2, 0.25) is 0 Å². The Morgan fingerprint density at radius 3 is 2.64 bits per heavy atom. The number of nitrogens with zero attached hydrogens (tertiary/aromatic N) is 1. The van der Waals surface area contributed by atoms with Gasteiger partial charge in [-0.05, 0) is 43.0 Å². The second-order valence-electron chi connectivity index (χ2n) is 8.20. The van der Waals surface area contributed by atoms with Crippen molar-refractivity contribution in [2.75, 3.05) is 5.32 Å². The molecule has 0 saturated heterocycles. The zero-order chi connectivity index (χ0) is 20.1. The van der Waals surface area contributed by atoms with Gasteiger partial charge in [0.05, 0.1) is 17.6 Å². The molecule has 0 bridgehead atoms. The number of aromatic nitrogens is 2. The standard InChI is InChI=1S/C21H21N3OS.C2H6/c1-11-4-7-16(26-11)19-17-14(8-21(2,3)9-15(17)25)23-13-6-5-12-10-22-24-20(12)18(13)19;1-2/h4-7,10,19,23H,8-9H2,1-3H3,(H,22,24);1-2H3. The molecule has 2 aliphatic rings. The van der Waals surface area contributed by atoms with E-state index < -0.39 is 0 Å². The number of hydrogen-bond acceptors (Lipinski definition) is 4. The topological polar surface area (TPSA) is 57.8 Å². The molecule has 2 aromatic heterocycles. The zero-order valence-corrected chi connectivity index (χ0v) is 18.0. The number of ketones is 1. The van der Waals surface area contributed by atoms with Crippen LogP contribution in [-0.2, 0) is 4.79 Å². The summed E-state index contributed by atoms with van der Waals surface area (Å²) >= 11 is 1.78. The number of rotatable bonds is 1. The second-order valence-corrected chi connectivity index (χ2v) is 9.52. The SMILES string of the molecule is CC.Cc1ccc(C2C3=C(CC(C)(C)CC3=O)Nc3ccc4cn[nH]c4c32)s1. The van der Waals surface area contributed by atoms with Crippen LogP contribution in [0.25, 0.3) is 10.9 Å². The quantitative estimate of drug-likeness (QED) is 0.520. The molecule has 28 heavy (non-hydrogen) atoms. The van der Waals surface area contributed by atoms with E-state index in [2.05, 4.69) is 60.6 Å². The lowest BCUT2D eigenvalue weighted by molar-refractivity contribution is -0.118. The number of nitrogens with one attached hydrogen (secondary N) is 2. The number of H-pyrrole nitrogens is 1. The number of aryl methyl sites for hydroxylation is 1. The van der Waals surface area contributed by atoms with Crippen LogP contribution >= 0.6 is 11.3 Å². The number of aromatic amines is 1. The van der Waals surface area contributed by atoms with E-state index in [1.165, 1.54) is 9.75 Å². The van der Waals surface area contributed by atoms with Gasteiger partial charge in [0, 0.05) is 44.1 Å². The maximum absolute atomic E-state index is 13.2. The summed E-state index contributed by atoms with van der Waals surface area (Å²) in [6, 6.07) is 8.53. The average molecular weight is 394 g/mol. The largest absolute Gasteiger partial charge is 0.358 e. The smallest absolute Gasteiger partial charge is 0.162 e. The first-order valence-corrected chi connectivity index (χ1v) is 10.8. The van der Waals surface area contributed by atoms with Gasteiger partial charge in [-0.3, -0.25) is 9.89 Å². The van der Waals surface area contributed by atoms with Crippen molar-refractivity contribution in [3.63, 3.8) is 0 Å². The van der Waals surface area contributed by atoms with Crippen LogP contribution in [0.15, 0.2) is 41.7 Å². The Kier molecular flexibility index (Phi) is 4.66. The van der Waals surface area contributed by atoms with Crippen molar-refractivity contribution in [1.29, 1.82) is 0 Å². The molecule has 1 unspecified atom stereocenters. The molecule has 146 valence electrons. The Morgan fingerprint density at radius 1 is 1.14 bits per heavy atom. The molecule has 1 atom stereocenters. The molecule has 4 nitrogen and oxygen atoms in total. The predicted octanol–water partition coefficient (Wildman–Crippen LogP) is 6.16.